The summed E-state index contributed by atoms with van der Waals surface area (Å²) in [5.41, 5.74) is 0.963. The molecule has 1 aromatic heterocycles. The minimum absolute atomic E-state index is 0.111. The molecule has 1 fully saturated rings. The highest BCUT2D eigenvalue weighted by Gasteiger charge is 2.28. The monoisotopic (exact) mass is 330 g/mol. The van der Waals surface area contributed by atoms with E-state index in [9.17, 15) is 9.18 Å². The molecule has 1 saturated heterocycles. The highest BCUT2D eigenvalue weighted by molar-refractivity contribution is 5.94. The van der Waals surface area contributed by atoms with Gasteiger partial charge in [0.25, 0.3) is 5.91 Å². The number of carbonyl (C=O) groups excluding carboxylic acids is 1. The number of hydrogen-bond acceptors (Lipinski definition) is 3. The molecule has 2 aromatic rings. The Morgan fingerprint density at radius 3 is 3.00 bits per heavy atom. The lowest BCUT2D eigenvalue weighted by Gasteiger charge is -2.32. The SMILES string of the molecule is CCCn1cnnc1[C@@H]1CCCN(C(=O)c2ccc(C)c(F)c2)C1. The summed E-state index contributed by atoms with van der Waals surface area (Å²) >= 11 is 0. The smallest absolute Gasteiger partial charge is 0.253 e. The first-order chi connectivity index (χ1) is 11.6. The van der Waals surface area contributed by atoms with E-state index < -0.39 is 0 Å². The van der Waals surface area contributed by atoms with Gasteiger partial charge in [0, 0.05) is 31.1 Å². The number of hydrogen-bond donors (Lipinski definition) is 0. The third-order valence-corrected chi connectivity index (χ3v) is 4.60. The van der Waals surface area contributed by atoms with Gasteiger partial charge in [0.05, 0.1) is 0 Å². The van der Waals surface area contributed by atoms with Crippen LogP contribution in [0.25, 0.3) is 0 Å². The van der Waals surface area contributed by atoms with Crippen LogP contribution < -0.4 is 0 Å². The molecule has 0 bridgehead atoms. The number of rotatable bonds is 4. The fourth-order valence-electron chi connectivity index (χ4n) is 3.27. The van der Waals surface area contributed by atoms with Gasteiger partial charge in [-0.05, 0) is 43.9 Å². The second kappa shape index (κ2) is 7.11. The van der Waals surface area contributed by atoms with Crippen LogP contribution in [0.1, 0.15) is 53.8 Å². The molecule has 0 spiro atoms. The Balaban J connectivity index is 1.76. The van der Waals surface area contributed by atoms with Crippen molar-refractivity contribution < 1.29 is 9.18 Å². The van der Waals surface area contributed by atoms with E-state index in [2.05, 4.69) is 21.7 Å². The number of nitrogens with zero attached hydrogens (tertiary/aromatic N) is 4. The number of likely N-dealkylation sites (tertiary alicyclic amines) is 1. The maximum atomic E-state index is 13.8. The number of aromatic nitrogens is 3. The van der Waals surface area contributed by atoms with Gasteiger partial charge in [-0.25, -0.2) is 4.39 Å². The first-order valence-electron chi connectivity index (χ1n) is 8.53. The average Bonchev–Trinajstić information content (AvgIpc) is 3.05. The third kappa shape index (κ3) is 3.32. The number of piperidine rings is 1. The summed E-state index contributed by atoms with van der Waals surface area (Å²) in [5, 5.41) is 8.29. The largest absolute Gasteiger partial charge is 0.338 e. The highest BCUT2D eigenvalue weighted by atomic mass is 19.1. The number of carbonyl (C=O) groups is 1. The van der Waals surface area contributed by atoms with Crippen LogP contribution in [-0.2, 0) is 6.54 Å². The fraction of sp³-hybridized carbons (Fsp3) is 0.500. The van der Waals surface area contributed by atoms with Crippen molar-refractivity contribution in [2.24, 2.45) is 0 Å². The standard InChI is InChI=1S/C18H23FN4O/c1-3-8-23-12-20-21-17(23)15-5-4-9-22(11-15)18(24)14-7-6-13(2)16(19)10-14/h6-7,10,12,15H,3-5,8-9,11H2,1-2H3/t15-/m1/s1. The van der Waals surface area contributed by atoms with E-state index in [1.54, 1.807) is 25.4 Å². The van der Waals surface area contributed by atoms with Gasteiger partial charge in [0.2, 0.25) is 0 Å². The van der Waals surface area contributed by atoms with E-state index in [1.807, 2.05) is 4.90 Å². The van der Waals surface area contributed by atoms with Crippen molar-refractivity contribution in [3.63, 3.8) is 0 Å². The fourth-order valence-corrected chi connectivity index (χ4v) is 3.27. The molecule has 1 aromatic carbocycles. The minimum atomic E-state index is -0.336. The quantitative estimate of drug-likeness (QED) is 0.865. The zero-order valence-corrected chi connectivity index (χ0v) is 14.2. The summed E-state index contributed by atoms with van der Waals surface area (Å²) < 4.78 is 15.8. The molecular formula is C18H23FN4O. The van der Waals surface area contributed by atoms with Gasteiger partial charge in [-0.2, -0.15) is 0 Å². The molecule has 0 unspecified atom stereocenters. The zero-order valence-electron chi connectivity index (χ0n) is 14.2. The Morgan fingerprint density at radius 1 is 1.42 bits per heavy atom. The van der Waals surface area contributed by atoms with Crippen molar-refractivity contribution >= 4 is 5.91 Å². The van der Waals surface area contributed by atoms with Crippen LogP contribution in [0.3, 0.4) is 0 Å². The normalized spacial score (nSPS) is 18.0. The van der Waals surface area contributed by atoms with Gasteiger partial charge in [-0.1, -0.05) is 13.0 Å². The lowest BCUT2D eigenvalue weighted by atomic mass is 9.96. The molecule has 0 N–H and O–H groups in total. The summed E-state index contributed by atoms with van der Waals surface area (Å²) in [6, 6.07) is 4.69. The first-order valence-corrected chi connectivity index (χ1v) is 8.53. The van der Waals surface area contributed by atoms with Crippen molar-refractivity contribution in [3.8, 4) is 0 Å². The molecular weight excluding hydrogens is 307 g/mol. The topological polar surface area (TPSA) is 51.0 Å². The minimum Gasteiger partial charge on any atom is -0.338 e. The van der Waals surface area contributed by atoms with Crippen LogP contribution in [0.4, 0.5) is 4.39 Å². The Morgan fingerprint density at radius 2 is 2.25 bits per heavy atom. The predicted molar refractivity (Wildman–Crippen MR) is 89.3 cm³/mol. The van der Waals surface area contributed by atoms with Gasteiger partial charge < -0.3 is 9.47 Å². The number of aryl methyl sites for hydroxylation is 2. The van der Waals surface area contributed by atoms with Crippen LogP contribution in [-0.4, -0.2) is 38.7 Å². The molecule has 1 aliphatic heterocycles. The molecule has 0 radical (unpaired) electrons. The second-order valence-corrected chi connectivity index (χ2v) is 6.44. The predicted octanol–water partition coefficient (Wildman–Crippen LogP) is 3.16. The number of halogens is 1. The van der Waals surface area contributed by atoms with Crippen LogP contribution >= 0.6 is 0 Å². The average molecular weight is 330 g/mol. The molecule has 5 nitrogen and oxygen atoms in total. The third-order valence-electron chi connectivity index (χ3n) is 4.60. The molecule has 6 heteroatoms. The van der Waals surface area contributed by atoms with Crippen LogP contribution in [0.5, 0.6) is 0 Å². The van der Waals surface area contributed by atoms with E-state index in [1.165, 1.54) is 6.07 Å². The summed E-state index contributed by atoms with van der Waals surface area (Å²) in [6.45, 7) is 6.01. The molecule has 128 valence electrons. The van der Waals surface area contributed by atoms with Crippen LogP contribution in [0, 0.1) is 12.7 Å². The van der Waals surface area contributed by atoms with E-state index in [-0.39, 0.29) is 17.6 Å². The van der Waals surface area contributed by atoms with Crippen molar-refractivity contribution in [1.29, 1.82) is 0 Å². The number of benzene rings is 1. The molecule has 1 atom stereocenters. The molecule has 1 amide bonds. The van der Waals surface area contributed by atoms with Gasteiger partial charge in [-0.15, -0.1) is 10.2 Å². The zero-order chi connectivity index (χ0) is 17.1. The van der Waals surface area contributed by atoms with Crippen molar-refractivity contribution in [2.45, 2.75) is 45.6 Å². The van der Waals surface area contributed by atoms with Gasteiger partial charge >= 0.3 is 0 Å². The Bertz CT molecular complexity index is 728. The molecule has 24 heavy (non-hydrogen) atoms. The summed E-state index contributed by atoms with van der Waals surface area (Å²) in [4.78, 5) is 14.5. The van der Waals surface area contributed by atoms with E-state index in [4.69, 9.17) is 0 Å². The van der Waals surface area contributed by atoms with Crippen molar-refractivity contribution in [1.82, 2.24) is 19.7 Å². The Hall–Kier alpha value is -2.24. The summed E-state index contributed by atoms with van der Waals surface area (Å²) in [5.74, 6) is 0.689. The lowest BCUT2D eigenvalue weighted by molar-refractivity contribution is 0.0702. The van der Waals surface area contributed by atoms with Gasteiger partial charge in [0.1, 0.15) is 18.0 Å². The molecule has 2 heterocycles. The number of amides is 1. The highest BCUT2D eigenvalue weighted by Crippen LogP contribution is 2.26. The van der Waals surface area contributed by atoms with E-state index in [0.717, 1.165) is 31.6 Å². The summed E-state index contributed by atoms with van der Waals surface area (Å²) in [7, 11) is 0. The van der Waals surface area contributed by atoms with Crippen molar-refractivity contribution in [3.05, 3.63) is 47.3 Å². The first kappa shape index (κ1) is 16.6. The van der Waals surface area contributed by atoms with E-state index in [0.29, 0.717) is 24.2 Å². The molecule has 1 aliphatic rings. The molecule has 3 rings (SSSR count). The van der Waals surface area contributed by atoms with Crippen molar-refractivity contribution in [2.75, 3.05) is 13.1 Å². The van der Waals surface area contributed by atoms with Gasteiger partial charge in [0.15, 0.2) is 0 Å². The molecule has 0 aliphatic carbocycles. The van der Waals surface area contributed by atoms with Gasteiger partial charge in [-0.3, -0.25) is 4.79 Å². The van der Waals surface area contributed by atoms with E-state index >= 15 is 0 Å². The molecule has 0 saturated carbocycles. The van der Waals surface area contributed by atoms with Crippen LogP contribution in [0.15, 0.2) is 24.5 Å². The second-order valence-electron chi connectivity index (χ2n) is 6.44. The lowest BCUT2D eigenvalue weighted by Crippen LogP contribution is -2.39. The Kier molecular flexibility index (Phi) is 4.92. The van der Waals surface area contributed by atoms with Crippen LogP contribution in [0.2, 0.25) is 0 Å². The maximum absolute atomic E-state index is 13.8. The maximum Gasteiger partial charge on any atom is 0.253 e. The Labute approximate surface area is 141 Å². The summed E-state index contributed by atoms with van der Waals surface area (Å²) in [6.07, 6.45) is 4.69.